The summed E-state index contributed by atoms with van der Waals surface area (Å²) >= 11 is 0. The second-order valence-corrected chi connectivity index (χ2v) is 4.51. The van der Waals surface area contributed by atoms with Gasteiger partial charge >= 0.3 is 0 Å². The van der Waals surface area contributed by atoms with Crippen molar-refractivity contribution < 1.29 is 4.74 Å². The molecule has 1 saturated heterocycles. The molecule has 0 bridgehead atoms. The molecular formula is C11H24N2O. The number of rotatable bonds is 4. The summed E-state index contributed by atoms with van der Waals surface area (Å²) < 4.78 is 5.58. The summed E-state index contributed by atoms with van der Waals surface area (Å²) in [6.07, 6.45) is 0.350. The van der Waals surface area contributed by atoms with Crippen LogP contribution in [0.1, 0.15) is 27.7 Å². The maximum atomic E-state index is 5.58. The van der Waals surface area contributed by atoms with Crippen LogP contribution in [0.5, 0.6) is 0 Å². The molecule has 14 heavy (non-hydrogen) atoms. The van der Waals surface area contributed by atoms with Gasteiger partial charge in [-0.05, 0) is 27.7 Å². The zero-order chi connectivity index (χ0) is 10.6. The van der Waals surface area contributed by atoms with Gasteiger partial charge in [0.1, 0.15) is 0 Å². The molecule has 0 aromatic rings. The zero-order valence-electron chi connectivity index (χ0n) is 9.92. The minimum absolute atomic E-state index is 0.350. The van der Waals surface area contributed by atoms with E-state index in [1.807, 2.05) is 0 Å². The summed E-state index contributed by atoms with van der Waals surface area (Å²) in [5.41, 5.74) is 0. The maximum Gasteiger partial charge on any atom is 0.0597 e. The molecule has 0 aliphatic carbocycles. The van der Waals surface area contributed by atoms with Crippen molar-refractivity contribution >= 4 is 0 Å². The van der Waals surface area contributed by atoms with Crippen LogP contribution < -0.4 is 5.32 Å². The lowest BCUT2D eigenvalue weighted by atomic mass is 10.1. The highest BCUT2D eigenvalue weighted by atomic mass is 16.5. The van der Waals surface area contributed by atoms with Crippen LogP contribution in [0.3, 0.4) is 0 Å². The molecule has 3 nitrogen and oxygen atoms in total. The molecule has 2 unspecified atom stereocenters. The van der Waals surface area contributed by atoms with E-state index in [0.29, 0.717) is 18.2 Å². The highest BCUT2D eigenvalue weighted by Gasteiger charge is 2.23. The van der Waals surface area contributed by atoms with E-state index >= 15 is 0 Å². The van der Waals surface area contributed by atoms with Crippen LogP contribution in [0.25, 0.3) is 0 Å². The van der Waals surface area contributed by atoms with Gasteiger partial charge in [0.15, 0.2) is 0 Å². The summed E-state index contributed by atoms with van der Waals surface area (Å²) in [6, 6.07) is 1.27. The quantitative estimate of drug-likeness (QED) is 0.735. The lowest BCUT2D eigenvalue weighted by Crippen LogP contribution is -2.55. The predicted octanol–water partition coefficient (Wildman–Crippen LogP) is 1.09. The standard InChI is InChI=1S/C11H24N2O/c1-9(2)14-6-5-13-10(3)7-12-8-11(13)4/h9-12H,5-8H2,1-4H3. The molecular weight excluding hydrogens is 176 g/mol. The summed E-state index contributed by atoms with van der Waals surface area (Å²) in [6.45, 7) is 12.8. The molecule has 1 fully saturated rings. The Morgan fingerprint density at radius 2 is 1.86 bits per heavy atom. The average molecular weight is 200 g/mol. The number of nitrogens with zero attached hydrogens (tertiary/aromatic N) is 1. The molecule has 1 heterocycles. The fourth-order valence-corrected chi connectivity index (χ4v) is 2.00. The molecule has 0 spiro atoms. The van der Waals surface area contributed by atoms with Crippen LogP contribution in [-0.2, 0) is 4.74 Å². The van der Waals surface area contributed by atoms with Gasteiger partial charge in [0.05, 0.1) is 12.7 Å². The number of hydrogen-bond acceptors (Lipinski definition) is 3. The van der Waals surface area contributed by atoms with Crippen LogP contribution in [0.15, 0.2) is 0 Å². The monoisotopic (exact) mass is 200 g/mol. The first-order chi connectivity index (χ1) is 6.61. The van der Waals surface area contributed by atoms with E-state index in [9.17, 15) is 0 Å². The number of piperazine rings is 1. The summed E-state index contributed by atoms with van der Waals surface area (Å²) in [5.74, 6) is 0. The number of nitrogens with one attached hydrogen (secondary N) is 1. The summed E-state index contributed by atoms with van der Waals surface area (Å²) in [7, 11) is 0. The van der Waals surface area contributed by atoms with E-state index in [1.54, 1.807) is 0 Å². The first kappa shape index (κ1) is 12.0. The zero-order valence-corrected chi connectivity index (χ0v) is 9.92. The Hall–Kier alpha value is -0.120. The Morgan fingerprint density at radius 3 is 2.36 bits per heavy atom. The van der Waals surface area contributed by atoms with Crippen molar-refractivity contribution in [3.05, 3.63) is 0 Å². The van der Waals surface area contributed by atoms with Crippen LogP contribution in [0, 0.1) is 0 Å². The van der Waals surface area contributed by atoms with Crippen molar-refractivity contribution in [3.63, 3.8) is 0 Å². The lowest BCUT2D eigenvalue weighted by Gasteiger charge is -2.39. The smallest absolute Gasteiger partial charge is 0.0597 e. The normalized spacial score (nSPS) is 29.8. The number of ether oxygens (including phenoxy) is 1. The van der Waals surface area contributed by atoms with E-state index in [0.717, 1.165) is 26.2 Å². The Bertz CT molecular complexity index is 151. The molecule has 0 radical (unpaired) electrons. The van der Waals surface area contributed by atoms with Crippen LogP contribution in [0.4, 0.5) is 0 Å². The van der Waals surface area contributed by atoms with Crippen molar-refractivity contribution in [1.29, 1.82) is 0 Å². The molecule has 0 aromatic carbocycles. The molecule has 0 saturated carbocycles. The average Bonchev–Trinajstić information content (AvgIpc) is 2.09. The van der Waals surface area contributed by atoms with Crippen molar-refractivity contribution in [2.24, 2.45) is 0 Å². The molecule has 1 aliphatic rings. The molecule has 1 N–H and O–H groups in total. The predicted molar refractivity (Wildman–Crippen MR) is 59.6 cm³/mol. The number of hydrogen-bond donors (Lipinski definition) is 1. The Labute approximate surface area is 87.8 Å². The largest absolute Gasteiger partial charge is 0.377 e. The van der Waals surface area contributed by atoms with Crippen LogP contribution >= 0.6 is 0 Å². The lowest BCUT2D eigenvalue weighted by molar-refractivity contribution is 0.0303. The minimum atomic E-state index is 0.350. The van der Waals surface area contributed by atoms with E-state index in [1.165, 1.54) is 0 Å². The van der Waals surface area contributed by atoms with Gasteiger partial charge in [0, 0.05) is 31.7 Å². The van der Waals surface area contributed by atoms with Crippen molar-refractivity contribution in [2.75, 3.05) is 26.2 Å². The maximum absolute atomic E-state index is 5.58. The van der Waals surface area contributed by atoms with Gasteiger partial charge < -0.3 is 10.1 Å². The van der Waals surface area contributed by atoms with Crippen molar-refractivity contribution in [3.8, 4) is 0 Å². The molecule has 3 heteroatoms. The highest BCUT2D eigenvalue weighted by Crippen LogP contribution is 2.08. The first-order valence-corrected chi connectivity index (χ1v) is 5.69. The molecule has 84 valence electrons. The molecule has 0 amide bonds. The fourth-order valence-electron chi connectivity index (χ4n) is 2.00. The van der Waals surface area contributed by atoms with Crippen LogP contribution in [0.2, 0.25) is 0 Å². The highest BCUT2D eigenvalue weighted by molar-refractivity contribution is 4.82. The van der Waals surface area contributed by atoms with Gasteiger partial charge in [-0.1, -0.05) is 0 Å². The third-order valence-corrected chi connectivity index (χ3v) is 2.81. The fraction of sp³-hybridized carbons (Fsp3) is 1.00. The van der Waals surface area contributed by atoms with E-state index < -0.39 is 0 Å². The van der Waals surface area contributed by atoms with Gasteiger partial charge in [-0.3, -0.25) is 4.90 Å². The van der Waals surface area contributed by atoms with Gasteiger partial charge in [-0.25, -0.2) is 0 Å². The van der Waals surface area contributed by atoms with Gasteiger partial charge in [-0.15, -0.1) is 0 Å². The van der Waals surface area contributed by atoms with Crippen molar-refractivity contribution in [2.45, 2.75) is 45.9 Å². The van der Waals surface area contributed by atoms with Gasteiger partial charge in [0.2, 0.25) is 0 Å². The Morgan fingerprint density at radius 1 is 1.29 bits per heavy atom. The SMILES string of the molecule is CC(C)OCCN1C(C)CNCC1C. The van der Waals surface area contributed by atoms with E-state index in [-0.39, 0.29) is 0 Å². The van der Waals surface area contributed by atoms with Crippen molar-refractivity contribution in [1.82, 2.24) is 10.2 Å². The minimum Gasteiger partial charge on any atom is -0.377 e. The Kier molecular flexibility index (Phi) is 4.85. The topological polar surface area (TPSA) is 24.5 Å². The van der Waals surface area contributed by atoms with Gasteiger partial charge in [0.25, 0.3) is 0 Å². The first-order valence-electron chi connectivity index (χ1n) is 5.69. The van der Waals surface area contributed by atoms with E-state index in [2.05, 4.69) is 37.9 Å². The molecule has 1 rings (SSSR count). The second-order valence-electron chi connectivity index (χ2n) is 4.51. The third kappa shape index (κ3) is 3.56. The molecule has 0 aromatic heterocycles. The van der Waals surface area contributed by atoms with E-state index in [4.69, 9.17) is 4.74 Å². The molecule has 2 atom stereocenters. The Balaban J connectivity index is 2.26. The summed E-state index contributed by atoms with van der Waals surface area (Å²) in [4.78, 5) is 2.53. The van der Waals surface area contributed by atoms with Gasteiger partial charge in [-0.2, -0.15) is 0 Å². The molecule has 1 aliphatic heterocycles. The third-order valence-electron chi connectivity index (χ3n) is 2.81. The second kappa shape index (κ2) is 5.69. The summed E-state index contributed by atoms with van der Waals surface area (Å²) in [5, 5.41) is 3.43. The van der Waals surface area contributed by atoms with Crippen LogP contribution in [-0.4, -0.2) is 49.3 Å².